The molecule has 2 aliphatic heterocycles. The molecular formula is C23H25FN2O2. The largest absolute Gasteiger partial charge is 0.392 e. The Morgan fingerprint density at radius 3 is 2.79 bits per heavy atom. The quantitative estimate of drug-likeness (QED) is 0.821. The summed E-state index contributed by atoms with van der Waals surface area (Å²) in [5.74, 6) is 1.79. The minimum atomic E-state index is -0.414. The predicted octanol–water partition coefficient (Wildman–Crippen LogP) is 3.94. The second-order valence-electron chi connectivity index (χ2n) is 10.1. The molecule has 1 aromatic carbocycles. The zero-order valence-corrected chi connectivity index (χ0v) is 15.9. The molecule has 4 bridgehead atoms. The number of aliphatic hydroxyl groups is 1. The number of nitrogens with zero attached hydrogens (tertiary/aromatic N) is 2. The Morgan fingerprint density at radius 2 is 2.04 bits per heavy atom. The number of aromatic nitrogens is 2. The summed E-state index contributed by atoms with van der Waals surface area (Å²) < 4.78 is 22.8. The van der Waals surface area contributed by atoms with Gasteiger partial charge >= 0.3 is 0 Å². The lowest BCUT2D eigenvalue weighted by Crippen LogP contribution is -2.59. The number of halogens is 1. The zero-order chi connectivity index (χ0) is 18.7. The molecule has 28 heavy (non-hydrogen) atoms. The van der Waals surface area contributed by atoms with Crippen LogP contribution >= 0.6 is 0 Å². The van der Waals surface area contributed by atoms with Crippen LogP contribution in [-0.2, 0) is 4.74 Å². The number of rotatable bonds is 3. The molecule has 4 aliphatic carbocycles. The van der Waals surface area contributed by atoms with E-state index in [0.29, 0.717) is 18.3 Å². The van der Waals surface area contributed by atoms with Crippen LogP contribution in [0.1, 0.15) is 50.1 Å². The van der Waals surface area contributed by atoms with Crippen LogP contribution in [0.2, 0.25) is 0 Å². The second kappa shape index (κ2) is 5.06. The van der Waals surface area contributed by atoms with Gasteiger partial charge in [-0.3, -0.25) is 0 Å². The van der Waals surface area contributed by atoms with E-state index in [9.17, 15) is 9.50 Å². The van der Waals surface area contributed by atoms with E-state index >= 15 is 0 Å². The fraction of sp³-hybridized carbons (Fsp3) is 0.609. The van der Waals surface area contributed by atoms with Crippen molar-refractivity contribution in [3.63, 3.8) is 0 Å². The summed E-state index contributed by atoms with van der Waals surface area (Å²) >= 11 is 0. The fourth-order valence-corrected chi connectivity index (χ4v) is 7.77. The molecule has 5 fully saturated rings. The monoisotopic (exact) mass is 380 g/mol. The van der Waals surface area contributed by atoms with Gasteiger partial charge in [0.05, 0.1) is 42.6 Å². The van der Waals surface area contributed by atoms with Crippen molar-refractivity contribution < 1.29 is 14.2 Å². The average Bonchev–Trinajstić information content (AvgIpc) is 3.22. The highest BCUT2D eigenvalue weighted by molar-refractivity contribution is 5.69. The predicted molar refractivity (Wildman–Crippen MR) is 101 cm³/mol. The van der Waals surface area contributed by atoms with Gasteiger partial charge in [-0.05, 0) is 67.8 Å². The third kappa shape index (κ3) is 1.85. The van der Waals surface area contributed by atoms with Crippen molar-refractivity contribution in [2.45, 2.75) is 56.3 Å². The molecule has 0 amide bonds. The number of ether oxygens (including phenoxy) is 1. The van der Waals surface area contributed by atoms with Crippen molar-refractivity contribution in [3.05, 3.63) is 42.1 Å². The van der Waals surface area contributed by atoms with Crippen molar-refractivity contribution in [2.75, 3.05) is 6.61 Å². The highest BCUT2D eigenvalue weighted by Gasteiger charge is 2.69. The van der Waals surface area contributed by atoms with Gasteiger partial charge in [-0.25, -0.2) is 9.37 Å². The van der Waals surface area contributed by atoms with Gasteiger partial charge in [-0.1, -0.05) is 12.1 Å². The van der Waals surface area contributed by atoms with Crippen molar-refractivity contribution in [1.82, 2.24) is 9.55 Å². The van der Waals surface area contributed by atoms with Gasteiger partial charge in [-0.2, -0.15) is 0 Å². The first kappa shape index (κ1) is 16.1. The molecular weight excluding hydrogens is 355 g/mol. The van der Waals surface area contributed by atoms with E-state index in [2.05, 4.69) is 9.55 Å². The standard InChI is InChI=1S/C23H25FN2O2/c24-17-3-1-2-16-19-10-25-12-26(19)18(21(16)17)6-20(27)22-7-13-4-14(8-22)23(11-28-23)15(5-13)9-22/h1-3,10,12-15,18,20,27H,4-9,11H2. The Morgan fingerprint density at radius 1 is 1.25 bits per heavy atom. The van der Waals surface area contributed by atoms with Crippen LogP contribution in [0.25, 0.3) is 11.3 Å². The lowest BCUT2D eigenvalue weighted by Gasteiger charge is -2.61. The maximum Gasteiger partial charge on any atom is 0.129 e. The Hall–Kier alpha value is -1.72. The van der Waals surface area contributed by atoms with E-state index in [4.69, 9.17) is 4.74 Å². The fourth-order valence-electron chi connectivity index (χ4n) is 7.77. The van der Waals surface area contributed by atoms with E-state index < -0.39 is 6.10 Å². The first-order valence-corrected chi connectivity index (χ1v) is 10.7. The molecule has 1 aromatic heterocycles. The molecule has 2 aromatic rings. The molecule has 0 radical (unpaired) electrons. The van der Waals surface area contributed by atoms with Crippen LogP contribution in [0.4, 0.5) is 4.39 Å². The maximum absolute atomic E-state index is 14.8. The van der Waals surface area contributed by atoms with Crippen LogP contribution in [0.3, 0.4) is 0 Å². The van der Waals surface area contributed by atoms with Crippen molar-refractivity contribution >= 4 is 0 Å². The normalized spacial score (nSPS) is 42.6. The number of hydrogen-bond acceptors (Lipinski definition) is 3. The smallest absolute Gasteiger partial charge is 0.129 e. The molecule has 4 saturated carbocycles. The van der Waals surface area contributed by atoms with Gasteiger partial charge in [0.1, 0.15) is 5.82 Å². The highest BCUT2D eigenvalue weighted by atomic mass is 19.1. The Labute approximate surface area is 163 Å². The Bertz CT molecular complexity index is 963. The van der Waals surface area contributed by atoms with Crippen molar-refractivity contribution in [2.24, 2.45) is 23.2 Å². The molecule has 5 heteroatoms. The van der Waals surface area contributed by atoms with Crippen molar-refractivity contribution in [1.29, 1.82) is 0 Å². The van der Waals surface area contributed by atoms with Gasteiger partial charge in [0.15, 0.2) is 0 Å². The summed E-state index contributed by atoms with van der Waals surface area (Å²) in [4.78, 5) is 4.29. The molecule has 4 unspecified atom stereocenters. The SMILES string of the molecule is OC(CC1c2c(F)cccc2-c2cncn21)C12CC3CC(C1)C1(CO1)C(C3)C2. The number of epoxide rings is 1. The molecule has 146 valence electrons. The zero-order valence-electron chi connectivity index (χ0n) is 15.9. The molecule has 6 aliphatic rings. The van der Waals surface area contributed by atoms with Crippen LogP contribution < -0.4 is 0 Å². The van der Waals surface area contributed by atoms with Gasteiger partial charge in [0.25, 0.3) is 0 Å². The van der Waals surface area contributed by atoms with Crippen LogP contribution in [0.5, 0.6) is 0 Å². The van der Waals surface area contributed by atoms with Gasteiger partial charge in [0, 0.05) is 11.1 Å². The molecule has 4 nitrogen and oxygen atoms in total. The molecule has 1 N–H and O–H groups in total. The number of fused-ring (bicyclic) bond motifs is 3. The summed E-state index contributed by atoms with van der Waals surface area (Å²) in [7, 11) is 0. The topological polar surface area (TPSA) is 50.6 Å². The summed E-state index contributed by atoms with van der Waals surface area (Å²) in [5, 5.41) is 11.5. The molecule has 1 spiro atoms. The third-order valence-corrected chi connectivity index (χ3v) is 8.91. The summed E-state index contributed by atoms with van der Waals surface area (Å²) in [6.07, 6.45) is 9.59. The summed E-state index contributed by atoms with van der Waals surface area (Å²) in [6, 6.07) is 5.11. The molecule has 4 atom stereocenters. The molecule has 3 heterocycles. The maximum atomic E-state index is 14.8. The van der Waals surface area contributed by atoms with E-state index in [1.165, 1.54) is 18.9 Å². The summed E-state index contributed by atoms with van der Waals surface area (Å²) in [6.45, 7) is 0.931. The lowest BCUT2D eigenvalue weighted by molar-refractivity contribution is -0.157. The first-order valence-electron chi connectivity index (χ1n) is 10.7. The van der Waals surface area contributed by atoms with E-state index in [0.717, 1.165) is 48.6 Å². The third-order valence-electron chi connectivity index (χ3n) is 8.91. The van der Waals surface area contributed by atoms with Gasteiger partial charge in [0.2, 0.25) is 0 Å². The lowest BCUT2D eigenvalue weighted by atomic mass is 9.44. The van der Waals surface area contributed by atoms with Gasteiger partial charge in [-0.15, -0.1) is 0 Å². The number of benzene rings is 1. The van der Waals surface area contributed by atoms with E-state index in [1.54, 1.807) is 12.4 Å². The summed E-state index contributed by atoms with van der Waals surface area (Å²) in [5.41, 5.74) is 2.75. The Balaban J connectivity index is 1.24. The average molecular weight is 380 g/mol. The molecule has 8 rings (SSSR count). The van der Waals surface area contributed by atoms with E-state index in [1.807, 2.05) is 12.3 Å². The highest BCUT2D eigenvalue weighted by Crippen LogP contribution is 2.69. The van der Waals surface area contributed by atoms with Crippen LogP contribution in [0, 0.1) is 29.0 Å². The minimum Gasteiger partial charge on any atom is -0.392 e. The Kier molecular flexibility index (Phi) is 2.91. The molecule has 1 saturated heterocycles. The first-order chi connectivity index (χ1) is 13.6. The van der Waals surface area contributed by atoms with Crippen molar-refractivity contribution in [3.8, 4) is 11.3 Å². The minimum absolute atomic E-state index is 0.0115. The number of hydrogen-bond donors (Lipinski definition) is 1. The number of imidazole rings is 1. The second-order valence-corrected chi connectivity index (χ2v) is 10.1. The van der Waals surface area contributed by atoms with E-state index in [-0.39, 0.29) is 22.9 Å². The van der Waals surface area contributed by atoms with Gasteiger partial charge < -0.3 is 14.4 Å². The number of aliphatic hydroxyl groups excluding tert-OH is 1. The van der Waals surface area contributed by atoms with Crippen LogP contribution in [-0.4, -0.2) is 33.0 Å². The van der Waals surface area contributed by atoms with Crippen LogP contribution in [0.15, 0.2) is 30.7 Å².